The van der Waals surface area contributed by atoms with Crippen molar-refractivity contribution in [3.05, 3.63) is 18.3 Å². The lowest BCUT2D eigenvalue weighted by atomic mass is 10.1. The number of halogens is 1. The van der Waals surface area contributed by atoms with Crippen LogP contribution >= 0.6 is 0 Å². The average molecular weight is 253 g/mol. The molecule has 0 saturated carbocycles. The molecule has 0 aromatic carbocycles. The minimum Gasteiger partial charge on any atom is -0.490 e. The molecule has 98 valence electrons. The number of nitrogens with zero attached hydrogens (tertiary/aromatic N) is 1. The Morgan fingerprint density at radius 1 is 1.72 bits per heavy atom. The van der Waals surface area contributed by atoms with Crippen LogP contribution in [0.15, 0.2) is 18.3 Å². The first-order valence-electron chi connectivity index (χ1n) is 5.94. The highest BCUT2D eigenvalue weighted by Crippen LogP contribution is 2.25. The Morgan fingerprint density at radius 2 is 2.56 bits per heavy atom. The van der Waals surface area contributed by atoms with Crippen molar-refractivity contribution in [2.45, 2.75) is 19.0 Å². The normalized spacial score (nSPS) is 22.8. The minimum absolute atomic E-state index is 0.0373. The second-order valence-corrected chi connectivity index (χ2v) is 4.13. The van der Waals surface area contributed by atoms with Crippen LogP contribution in [-0.4, -0.2) is 36.3 Å². The smallest absolute Gasteiger partial charge is 0.264 e. The van der Waals surface area contributed by atoms with Gasteiger partial charge in [0.15, 0.2) is 11.6 Å². The summed E-state index contributed by atoms with van der Waals surface area (Å²) in [6.45, 7) is 2.83. The molecule has 5 nitrogen and oxygen atoms in total. The van der Waals surface area contributed by atoms with E-state index in [1.807, 2.05) is 6.92 Å². The number of rotatable bonds is 4. The minimum atomic E-state index is -1.86. The van der Waals surface area contributed by atoms with Gasteiger partial charge in [-0.2, -0.15) is 0 Å². The number of ether oxygens (including phenoxy) is 1. The molecule has 1 saturated heterocycles. The third-order valence-corrected chi connectivity index (χ3v) is 2.81. The van der Waals surface area contributed by atoms with E-state index in [1.54, 1.807) is 12.1 Å². The lowest BCUT2D eigenvalue weighted by Gasteiger charge is -2.18. The predicted octanol–water partition coefficient (Wildman–Crippen LogP) is 1.12. The molecule has 1 aromatic heterocycles. The van der Waals surface area contributed by atoms with Gasteiger partial charge in [-0.25, -0.2) is 9.37 Å². The molecular formula is C12H16FN3O2. The van der Waals surface area contributed by atoms with Crippen LogP contribution in [0.1, 0.15) is 13.3 Å². The Balaban J connectivity index is 2.11. The summed E-state index contributed by atoms with van der Waals surface area (Å²) >= 11 is 0. The van der Waals surface area contributed by atoms with Gasteiger partial charge in [0.1, 0.15) is 0 Å². The molecule has 0 radical (unpaired) electrons. The number of hydrogen-bond donors (Lipinski definition) is 2. The van der Waals surface area contributed by atoms with Gasteiger partial charge in [-0.05, 0) is 25.6 Å². The maximum atomic E-state index is 14.2. The van der Waals surface area contributed by atoms with Gasteiger partial charge >= 0.3 is 0 Å². The molecule has 1 unspecified atom stereocenters. The van der Waals surface area contributed by atoms with Gasteiger partial charge in [0, 0.05) is 19.2 Å². The summed E-state index contributed by atoms with van der Waals surface area (Å²) in [5.74, 6) is 0.0309. The third-order valence-electron chi connectivity index (χ3n) is 2.81. The van der Waals surface area contributed by atoms with Gasteiger partial charge in [-0.3, -0.25) is 4.79 Å². The molecule has 0 spiro atoms. The van der Waals surface area contributed by atoms with E-state index in [0.29, 0.717) is 18.9 Å². The van der Waals surface area contributed by atoms with Crippen LogP contribution in [0.5, 0.6) is 5.75 Å². The molecule has 1 aliphatic rings. The number of alkyl halides is 1. The number of carbonyl (C=O) groups is 1. The number of anilines is 1. The van der Waals surface area contributed by atoms with Gasteiger partial charge < -0.3 is 15.4 Å². The van der Waals surface area contributed by atoms with E-state index in [1.165, 1.54) is 6.20 Å². The summed E-state index contributed by atoms with van der Waals surface area (Å²) in [5, 5.41) is 5.32. The van der Waals surface area contributed by atoms with Crippen molar-refractivity contribution in [1.29, 1.82) is 0 Å². The first kappa shape index (κ1) is 12.8. The van der Waals surface area contributed by atoms with Gasteiger partial charge in [0.05, 0.1) is 6.61 Å². The fourth-order valence-corrected chi connectivity index (χ4v) is 1.83. The summed E-state index contributed by atoms with van der Waals surface area (Å²) in [5.41, 5.74) is -1.86. The molecule has 18 heavy (non-hydrogen) atoms. The maximum absolute atomic E-state index is 14.2. The highest BCUT2D eigenvalue weighted by Gasteiger charge is 2.41. The van der Waals surface area contributed by atoms with E-state index in [-0.39, 0.29) is 18.8 Å². The third kappa shape index (κ3) is 2.59. The topological polar surface area (TPSA) is 63.2 Å². The Kier molecular flexibility index (Phi) is 3.76. The molecule has 1 atom stereocenters. The second-order valence-electron chi connectivity index (χ2n) is 4.13. The van der Waals surface area contributed by atoms with Gasteiger partial charge in [-0.15, -0.1) is 0 Å². The van der Waals surface area contributed by atoms with Gasteiger partial charge in [0.2, 0.25) is 5.67 Å². The number of hydrogen-bond acceptors (Lipinski definition) is 4. The highest BCUT2D eigenvalue weighted by atomic mass is 19.1. The van der Waals surface area contributed by atoms with Crippen molar-refractivity contribution in [3.63, 3.8) is 0 Å². The summed E-state index contributed by atoms with van der Waals surface area (Å²) < 4.78 is 19.5. The molecule has 1 amide bonds. The Hall–Kier alpha value is -1.69. The molecule has 6 heteroatoms. The molecule has 2 rings (SSSR count). The van der Waals surface area contributed by atoms with Crippen molar-refractivity contribution in [1.82, 2.24) is 10.3 Å². The van der Waals surface area contributed by atoms with E-state index >= 15 is 0 Å². The standard InChI is InChI=1S/C12H16FN3O2/c1-2-18-9-4-3-6-15-10(9)16-11(17)12(13)5-7-14-8-12/h3-4,6,14H,2,5,7-8H2,1H3,(H,15,16,17). The van der Waals surface area contributed by atoms with Crippen molar-refractivity contribution in [3.8, 4) is 5.75 Å². The first-order valence-corrected chi connectivity index (χ1v) is 5.94. The Bertz CT molecular complexity index is 433. The zero-order valence-corrected chi connectivity index (χ0v) is 10.2. The summed E-state index contributed by atoms with van der Waals surface area (Å²) in [6, 6.07) is 3.38. The van der Waals surface area contributed by atoms with Crippen LogP contribution in [0, 0.1) is 0 Å². The van der Waals surface area contributed by atoms with Crippen LogP contribution in [0.25, 0.3) is 0 Å². The lowest BCUT2D eigenvalue weighted by Crippen LogP contribution is -2.40. The van der Waals surface area contributed by atoms with Gasteiger partial charge in [-0.1, -0.05) is 0 Å². The van der Waals surface area contributed by atoms with Crippen LogP contribution < -0.4 is 15.4 Å². The largest absolute Gasteiger partial charge is 0.490 e. The number of amides is 1. The Labute approximate surface area is 105 Å². The second kappa shape index (κ2) is 5.30. The number of aromatic nitrogens is 1. The fourth-order valence-electron chi connectivity index (χ4n) is 1.83. The van der Waals surface area contributed by atoms with Crippen LogP contribution in [0.3, 0.4) is 0 Å². The SMILES string of the molecule is CCOc1cccnc1NC(=O)C1(F)CCNC1. The zero-order chi connectivity index (χ0) is 13.0. The Morgan fingerprint density at radius 3 is 3.22 bits per heavy atom. The average Bonchev–Trinajstić information content (AvgIpc) is 2.80. The maximum Gasteiger partial charge on any atom is 0.264 e. The first-order chi connectivity index (χ1) is 8.65. The fraction of sp³-hybridized carbons (Fsp3) is 0.500. The molecule has 0 bridgehead atoms. The van der Waals surface area contributed by atoms with E-state index in [4.69, 9.17) is 4.74 Å². The summed E-state index contributed by atoms with van der Waals surface area (Å²) in [7, 11) is 0. The van der Waals surface area contributed by atoms with Crippen molar-refractivity contribution >= 4 is 11.7 Å². The molecular weight excluding hydrogens is 237 g/mol. The molecule has 1 aromatic rings. The van der Waals surface area contributed by atoms with Crippen molar-refractivity contribution in [2.24, 2.45) is 0 Å². The lowest BCUT2D eigenvalue weighted by molar-refractivity contribution is -0.126. The number of nitrogens with one attached hydrogen (secondary N) is 2. The van der Waals surface area contributed by atoms with Crippen molar-refractivity contribution in [2.75, 3.05) is 25.0 Å². The van der Waals surface area contributed by atoms with E-state index in [2.05, 4.69) is 15.6 Å². The molecule has 2 N–H and O–H groups in total. The van der Waals surface area contributed by atoms with Crippen LogP contribution in [0.2, 0.25) is 0 Å². The van der Waals surface area contributed by atoms with E-state index < -0.39 is 11.6 Å². The summed E-state index contributed by atoms with van der Waals surface area (Å²) in [4.78, 5) is 15.9. The molecule has 1 aliphatic heterocycles. The quantitative estimate of drug-likeness (QED) is 0.844. The zero-order valence-electron chi connectivity index (χ0n) is 10.2. The van der Waals surface area contributed by atoms with Gasteiger partial charge in [0.25, 0.3) is 5.91 Å². The predicted molar refractivity (Wildman–Crippen MR) is 65.4 cm³/mol. The highest BCUT2D eigenvalue weighted by molar-refractivity contribution is 5.97. The van der Waals surface area contributed by atoms with E-state index in [0.717, 1.165) is 0 Å². The summed E-state index contributed by atoms with van der Waals surface area (Å²) in [6.07, 6.45) is 1.70. The number of carbonyl (C=O) groups excluding carboxylic acids is 1. The number of pyridine rings is 1. The molecule has 1 fully saturated rings. The monoisotopic (exact) mass is 253 g/mol. The molecule has 0 aliphatic carbocycles. The molecule has 2 heterocycles. The van der Waals surface area contributed by atoms with Crippen molar-refractivity contribution < 1.29 is 13.9 Å². The van der Waals surface area contributed by atoms with Crippen LogP contribution in [-0.2, 0) is 4.79 Å². The van der Waals surface area contributed by atoms with Crippen LogP contribution in [0.4, 0.5) is 10.2 Å². The van der Waals surface area contributed by atoms with E-state index in [9.17, 15) is 9.18 Å².